The third kappa shape index (κ3) is 3.65. The summed E-state index contributed by atoms with van der Waals surface area (Å²) in [7, 11) is 0. The molecule has 5 nitrogen and oxygen atoms in total. The van der Waals surface area contributed by atoms with E-state index in [9.17, 15) is 0 Å². The smallest absolute Gasteiger partial charge is 0.140 e. The van der Waals surface area contributed by atoms with Gasteiger partial charge in [0.15, 0.2) is 0 Å². The van der Waals surface area contributed by atoms with Crippen LogP contribution in [-0.2, 0) is 6.54 Å². The van der Waals surface area contributed by atoms with E-state index in [1.807, 2.05) is 5.51 Å². The number of fused-ring (bicyclic) bond motifs is 1. The number of rotatable bonds is 4. The van der Waals surface area contributed by atoms with E-state index >= 15 is 0 Å². The van der Waals surface area contributed by atoms with Crippen LogP contribution in [-0.4, -0.2) is 46.0 Å². The van der Waals surface area contributed by atoms with Crippen LogP contribution in [0.1, 0.15) is 12.1 Å². The Hall–Kier alpha value is -2.35. The highest BCUT2D eigenvalue weighted by molar-refractivity contribution is 7.21. The zero-order chi connectivity index (χ0) is 18.8. The summed E-state index contributed by atoms with van der Waals surface area (Å²) >= 11 is 3.41. The predicted octanol–water partition coefficient (Wildman–Crippen LogP) is 4.53. The van der Waals surface area contributed by atoms with Gasteiger partial charge in [0.2, 0.25) is 0 Å². The van der Waals surface area contributed by atoms with Gasteiger partial charge in [0, 0.05) is 43.0 Å². The van der Waals surface area contributed by atoms with E-state index in [1.165, 1.54) is 21.5 Å². The Morgan fingerprint density at radius 1 is 0.964 bits per heavy atom. The van der Waals surface area contributed by atoms with E-state index < -0.39 is 0 Å². The fourth-order valence-electron chi connectivity index (χ4n) is 3.73. The predicted molar refractivity (Wildman–Crippen MR) is 117 cm³/mol. The van der Waals surface area contributed by atoms with Crippen molar-refractivity contribution >= 4 is 38.7 Å². The van der Waals surface area contributed by atoms with E-state index in [4.69, 9.17) is 0 Å². The van der Waals surface area contributed by atoms with Gasteiger partial charge in [0.1, 0.15) is 17.0 Å². The molecule has 1 aliphatic rings. The van der Waals surface area contributed by atoms with Crippen molar-refractivity contribution in [2.24, 2.45) is 0 Å². The summed E-state index contributed by atoms with van der Waals surface area (Å²) in [6.45, 7) is 5.07. The van der Waals surface area contributed by atoms with Crippen molar-refractivity contribution in [1.82, 2.24) is 19.9 Å². The second-order valence-electron chi connectivity index (χ2n) is 6.99. The Kier molecular flexibility index (Phi) is 5.03. The van der Waals surface area contributed by atoms with Crippen molar-refractivity contribution in [3.05, 3.63) is 59.3 Å². The number of thiophene rings is 1. The fraction of sp³-hybridized carbons (Fsp3) is 0.286. The molecule has 4 aromatic rings. The maximum atomic E-state index is 4.67. The van der Waals surface area contributed by atoms with Gasteiger partial charge in [-0.25, -0.2) is 15.0 Å². The monoisotopic (exact) mass is 407 g/mol. The molecule has 0 bridgehead atoms. The van der Waals surface area contributed by atoms with Crippen LogP contribution in [0, 0.1) is 0 Å². The molecule has 142 valence electrons. The highest BCUT2D eigenvalue weighted by atomic mass is 32.1. The standard InChI is InChI=1S/C21H21N5S2/c1-2-5-16(6-3-1)19-11-18-20(22-14-23-21(18)28-19)26-8-4-7-25(9-10-26)12-17-13-27-15-24-17/h1-3,5-6,11,13-15H,4,7-10,12H2. The van der Waals surface area contributed by atoms with Crippen LogP contribution in [0.25, 0.3) is 20.7 Å². The lowest BCUT2D eigenvalue weighted by Crippen LogP contribution is -2.31. The lowest BCUT2D eigenvalue weighted by atomic mass is 10.2. The number of benzene rings is 1. The molecule has 1 fully saturated rings. The van der Waals surface area contributed by atoms with E-state index in [-0.39, 0.29) is 0 Å². The van der Waals surface area contributed by atoms with Crippen molar-refractivity contribution in [3.63, 3.8) is 0 Å². The molecule has 0 spiro atoms. The Labute approximate surface area is 172 Å². The lowest BCUT2D eigenvalue weighted by Gasteiger charge is -2.22. The topological polar surface area (TPSA) is 45.2 Å². The van der Waals surface area contributed by atoms with E-state index in [1.54, 1.807) is 29.0 Å². The molecule has 7 heteroatoms. The van der Waals surface area contributed by atoms with Crippen molar-refractivity contribution in [3.8, 4) is 10.4 Å². The van der Waals surface area contributed by atoms with E-state index in [0.29, 0.717) is 0 Å². The van der Waals surface area contributed by atoms with Crippen LogP contribution in [0.4, 0.5) is 5.82 Å². The molecule has 1 aromatic carbocycles. The maximum absolute atomic E-state index is 4.67. The van der Waals surface area contributed by atoms with Gasteiger partial charge in [0.05, 0.1) is 16.6 Å². The number of thiazole rings is 1. The molecule has 4 heterocycles. The first kappa shape index (κ1) is 17.7. The number of aromatic nitrogens is 3. The fourth-order valence-corrected chi connectivity index (χ4v) is 5.27. The van der Waals surface area contributed by atoms with Crippen LogP contribution in [0.2, 0.25) is 0 Å². The van der Waals surface area contributed by atoms with Gasteiger partial charge in [-0.15, -0.1) is 22.7 Å². The third-order valence-electron chi connectivity index (χ3n) is 5.12. The highest BCUT2D eigenvalue weighted by Crippen LogP contribution is 2.36. The molecule has 3 aromatic heterocycles. The molecule has 0 unspecified atom stereocenters. The Bertz CT molecular complexity index is 1050. The van der Waals surface area contributed by atoms with Gasteiger partial charge >= 0.3 is 0 Å². The quantitative estimate of drug-likeness (QED) is 0.497. The molecule has 0 saturated carbocycles. The molecule has 0 radical (unpaired) electrons. The molecular formula is C21H21N5S2. The number of hydrogen-bond acceptors (Lipinski definition) is 7. The van der Waals surface area contributed by atoms with Gasteiger partial charge in [-0.3, -0.25) is 4.90 Å². The van der Waals surface area contributed by atoms with Crippen LogP contribution in [0.15, 0.2) is 53.6 Å². The van der Waals surface area contributed by atoms with Crippen LogP contribution in [0.3, 0.4) is 0 Å². The average Bonchev–Trinajstić information content (AvgIpc) is 3.34. The lowest BCUT2D eigenvalue weighted by molar-refractivity contribution is 0.282. The summed E-state index contributed by atoms with van der Waals surface area (Å²) in [5, 5.41) is 3.31. The molecule has 0 N–H and O–H groups in total. The first-order valence-corrected chi connectivity index (χ1v) is 11.3. The SMILES string of the molecule is c1ccc(-c2cc3c(N4CCCN(Cc5cscn5)CC4)ncnc3s2)cc1. The molecule has 1 saturated heterocycles. The Balaban J connectivity index is 1.39. The zero-order valence-corrected chi connectivity index (χ0v) is 17.1. The van der Waals surface area contributed by atoms with Crippen LogP contribution in [0.5, 0.6) is 0 Å². The van der Waals surface area contributed by atoms with Gasteiger partial charge in [-0.05, 0) is 18.1 Å². The Morgan fingerprint density at radius 3 is 2.75 bits per heavy atom. The minimum atomic E-state index is 0.938. The first-order chi connectivity index (χ1) is 13.9. The van der Waals surface area contributed by atoms with Crippen molar-refractivity contribution in [2.45, 2.75) is 13.0 Å². The minimum Gasteiger partial charge on any atom is -0.355 e. The first-order valence-electron chi connectivity index (χ1n) is 9.51. The third-order valence-corrected chi connectivity index (χ3v) is 6.85. The van der Waals surface area contributed by atoms with Gasteiger partial charge in [0.25, 0.3) is 0 Å². The Morgan fingerprint density at radius 2 is 1.89 bits per heavy atom. The van der Waals surface area contributed by atoms with Crippen LogP contribution < -0.4 is 4.90 Å². The summed E-state index contributed by atoms with van der Waals surface area (Å²) in [6.07, 6.45) is 2.84. The van der Waals surface area contributed by atoms with Crippen molar-refractivity contribution < 1.29 is 0 Å². The largest absolute Gasteiger partial charge is 0.355 e. The minimum absolute atomic E-state index is 0.938. The molecule has 0 amide bonds. The summed E-state index contributed by atoms with van der Waals surface area (Å²) in [5.41, 5.74) is 4.33. The molecule has 0 atom stereocenters. The maximum Gasteiger partial charge on any atom is 0.140 e. The molecule has 28 heavy (non-hydrogen) atoms. The number of hydrogen-bond donors (Lipinski definition) is 0. The highest BCUT2D eigenvalue weighted by Gasteiger charge is 2.20. The normalized spacial score (nSPS) is 15.8. The van der Waals surface area contributed by atoms with E-state index in [0.717, 1.165) is 49.8 Å². The van der Waals surface area contributed by atoms with Gasteiger partial charge in [-0.2, -0.15) is 0 Å². The van der Waals surface area contributed by atoms with Crippen molar-refractivity contribution in [2.75, 3.05) is 31.1 Å². The summed E-state index contributed by atoms with van der Waals surface area (Å²) in [5.74, 6) is 1.07. The van der Waals surface area contributed by atoms with Crippen molar-refractivity contribution in [1.29, 1.82) is 0 Å². The average molecular weight is 408 g/mol. The summed E-state index contributed by atoms with van der Waals surface area (Å²) < 4.78 is 0. The number of anilines is 1. The summed E-state index contributed by atoms with van der Waals surface area (Å²) in [4.78, 5) is 20.9. The van der Waals surface area contributed by atoms with E-state index in [2.05, 4.69) is 66.5 Å². The summed E-state index contributed by atoms with van der Waals surface area (Å²) in [6, 6.07) is 12.8. The molecule has 5 rings (SSSR count). The molecule has 0 aliphatic carbocycles. The van der Waals surface area contributed by atoms with Gasteiger partial charge < -0.3 is 4.90 Å². The van der Waals surface area contributed by atoms with Crippen LogP contribution >= 0.6 is 22.7 Å². The number of nitrogens with zero attached hydrogens (tertiary/aromatic N) is 5. The second-order valence-corrected chi connectivity index (χ2v) is 8.74. The second kappa shape index (κ2) is 7.95. The van der Waals surface area contributed by atoms with Gasteiger partial charge in [-0.1, -0.05) is 30.3 Å². The molecule has 1 aliphatic heterocycles. The molecular weight excluding hydrogens is 386 g/mol. The zero-order valence-electron chi connectivity index (χ0n) is 15.5.